The summed E-state index contributed by atoms with van der Waals surface area (Å²) in [6.07, 6.45) is 6.58. The van der Waals surface area contributed by atoms with Gasteiger partial charge in [-0.15, -0.1) is 6.42 Å². The van der Waals surface area contributed by atoms with Crippen LogP contribution in [0.25, 0.3) is 0 Å². The minimum atomic E-state index is 0.610. The van der Waals surface area contributed by atoms with Crippen LogP contribution in [0.1, 0.15) is 20.3 Å². The van der Waals surface area contributed by atoms with Crippen LogP contribution in [0.2, 0.25) is 0 Å². The summed E-state index contributed by atoms with van der Waals surface area (Å²) in [5, 5.41) is 0. The first-order valence-electron chi connectivity index (χ1n) is 5.17. The van der Waals surface area contributed by atoms with E-state index in [1.165, 1.54) is 13.0 Å². The third kappa shape index (κ3) is 3.02. The fraction of sp³-hybridized carbons (Fsp3) is 0.818. The molecule has 0 N–H and O–H groups in total. The van der Waals surface area contributed by atoms with Crippen LogP contribution in [0.15, 0.2) is 0 Å². The van der Waals surface area contributed by atoms with E-state index in [2.05, 4.69) is 29.6 Å². The largest absolute Gasteiger partial charge is 0.302 e. The van der Waals surface area contributed by atoms with Gasteiger partial charge in [0.25, 0.3) is 0 Å². The first kappa shape index (κ1) is 10.6. The number of nitrogens with zero attached hydrogens (tertiary/aromatic N) is 2. The monoisotopic (exact) mass is 180 g/mol. The average Bonchev–Trinajstić information content (AvgIpc) is 2.30. The minimum absolute atomic E-state index is 0.610. The predicted molar refractivity (Wildman–Crippen MR) is 56.6 cm³/mol. The molecule has 74 valence electrons. The van der Waals surface area contributed by atoms with E-state index >= 15 is 0 Å². The van der Waals surface area contributed by atoms with Gasteiger partial charge in [-0.2, -0.15) is 0 Å². The molecule has 0 radical (unpaired) electrons. The molecule has 0 aromatic heterocycles. The van der Waals surface area contributed by atoms with Crippen molar-refractivity contribution in [3.63, 3.8) is 0 Å². The van der Waals surface area contributed by atoms with E-state index in [1.54, 1.807) is 0 Å². The molecule has 0 amide bonds. The zero-order valence-electron chi connectivity index (χ0n) is 8.79. The highest BCUT2D eigenvalue weighted by molar-refractivity contribution is 4.91. The normalized spacial score (nSPS) is 26.7. The molecule has 0 aromatic rings. The van der Waals surface area contributed by atoms with Gasteiger partial charge in [-0.1, -0.05) is 12.8 Å². The number of hydrogen-bond acceptors (Lipinski definition) is 2. The molecule has 1 fully saturated rings. The lowest BCUT2D eigenvalue weighted by Crippen LogP contribution is -2.39. The minimum Gasteiger partial charge on any atom is -0.302 e. The van der Waals surface area contributed by atoms with Crippen LogP contribution in [0.4, 0.5) is 0 Å². The second-order valence-corrected chi connectivity index (χ2v) is 3.77. The van der Waals surface area contributed by atoms with Crippen LogP contribution < -0.4 is 0 Å². The molecule has 2 nitrogen and oxygen atoms in total. The van der Waals surface area contributed by atoms with Crippen molar-refractivity contribution in [1.82, 2.24) is 9.80 Å². The highest BCUT2D eigenvalue weighted by Crippen LogP contribution is 2.08. The Morgan fingerprint density at radius 2 is 2.23 bits per heavy atom. The molecule has 1 saturated heterocycles. The summed E-state index contributed by atoms with van der Waals surface area (Å²) >= 11 is 0. The van der Waals surface area contributed by atoms with Gasteiger partial charge in [0, 0.05) is 19.1 Å². The van der Waals surface area contributed by atoms with E-state index in [0.29, 0.717) is 6.04 Å². The molecule has 0 bridgehead atoms. The van der Waals surface area contributed by atoms with Gasteiger partial charge in [-0.3, -0.25) is 4.90 Å². The third-order valence-corrected chi connectivity index (χ3v) is 2.81. The van der Waals surface area contributed by atoms with Crippen molar-refractivity contribution in [3.8, 4) is 12.3 Å². The molecule has 1 atom stereocenters. The topological polar surface area (TPSA) is 6.48 Å². The standard InChI is InChI=1S/C11H20N2/c1-4-7-13-9-6-8-12(5-2)10-11(13)3/h1,11H,5-10H2,2-3H3. The van der Waals surface area contributed by atoms with Crippen LogP contribution in [0.5, 0.6) is 0 Å². The molecule has 1 heterocycles. The van der Waals surface area contributed by atoms with Crippen molar-refractivity contribution < 1.29 is 0 Å². The Balaban J connectivity index is 2.47. The van der Waals surface area contributed by atoms with E-state index in [0.717, 1.165) is 26.2 Å². The van der Waals surface area contributed by atoms with Gasteiger partial charge in [0.1, 0.15) is 0 Å². The summed E-state index contributed by atoms with van der Waals surface area (Å²) in [6, 6.07) is 0.610. The molecule has 1 unspecified atom stereocenters. The van der Waals surface area contributed by atoms with Gasteiger partial charge in [-0.05, 0) is 26.4 Å². The number of rotatable bonds is 2. The van der Waals surface area contributed by atoms with Crippen molar-refractivity contribution in [3.05, 3.63) is 0 Å². The molecule has 1 aliphatic heterocycles. The van der Waals surface area contributed by atoms with Crippen LogP contribution in [0.3, 0.4) is 0 Å². The van der Waals surface area contributed by atoms with Crippen LogP contribution >= 0.6 is 0 Å². The fourth-order valence-corrected chi connectivity index (χ4v) is 1.94. The van der Waals surface area contributed by atoms with Crippen molar-refractivity contribution in [2.24, 2.45) is 0 Å². The number of likely N-dealkylation sites (N-methyl/N-ethyl adjacent to an activating group) is 1. The maximum atomic E-state index is 5.33. The lowest BCUT2D eigenvalue weighted by Gasteiger charge is -2.26. The molecule has 1 rings (SSSR count). The van der Waals surface area contributed by atoms with Gasteiger partial charge in [0.2, 0.25) is 0 Å². The quantitative estimate of drug-likeness (QED) is 0.586. The molecule has 0 spiro atoms. The summed E-state index contributed by atoms with van der Waals surface area (Å²) in [6.45, 7) is 10.0. The van der Waals surface area contributed by atoms with E-state index in [4.69, 9.17) is 6.42 Å². The van der Waals surface area contributed by atoms with Crippen molar-refractivity contribution in [2.75, 3.05) is 32.7 Å². The average molecular weight is 180 g/mol. The van der Waals surface area contributed by atoms with Gasteiger partial charge < -0.3 is 4.90 Å². The zero-order chi connectivity index (χ0) is 9.68. The maximum Gasteiger partial charge on any atom is 0.0601 e. The first-order chi connectivity index (χ1) is 6.27. The van der Waals surface area contributed by atoms with Crippen molar-refractivity contribution in [2.45, 2.75) is 26.3 Å². The van der Waals surface area contributed by atoms with Crippen molar-refractivity contribution in [1.29, 1.82) is 0 Å². The number of terminal acetylenes is 1. The molecular formula is C11H20N2. The van der Waals surface area contributed by atoms with Gasteiger partial charge in [-0.25, -0.2) is 0 Å². The molecule has 2 heteroatoms. The second kappa shape index (κ2) is 5.26. The molecule has 13 heavy (non-hydrogen) atoms. The Labute approximate surface area is 81.9 Å². The van der Waals surface area contributed by atoms with Crippen molar-refractivity contribution >= 4 is 0 Å². The Bertz CT molecular complexity index is 183. The Kier molecular flexibility index (Phi) is 4.27. The Morgan fingerprint density at radius 1 is 1.46 bits per heavy atom. The highest BCUT2D eigenvalue weighted by atomic mass is 15.2. The molecule has 1 aliphatic rings. The van der Waals surface area contributed by atoms with Gasteiger partial charge >= 0.3 is 0 Å². The van der Waals surface area contributed by atoms with Crippen LogP contribution in [0, 0.1) is 12.3 Å². The molecule has 0 saturated carbocycles. The molecule has 0 aromatic carbocycles. The predicted octanol–water partition coefficient (Wildman–Crippen LogP) is 1.04. The van der Waals surface area contributed by atoms with Gasteiger partial charge in [0.05, 0.1) is 6.54 Å². The lowest BCUT2D eigenvalue weighted by atomic mass is 10.2. The van der Waals surface area contributed by atoms with Gasteiger partial charge in [0.15, 0.2) is 0 Å². The van der Waals surface area contributed by atoms with Crippen LogP contribution in [-0.4, -0.2) is 48.6 Å². The summed E-state index contributed by atoms with van der Waals surface area (Å²) < 4.78 is 0. The molecule has 0 aliphatic carbocycles. The lowest BCUT2D eigenvalue weighted by molar-refractivity contribution is 0.212. The summed E-state index contributed by atoms with van der Waals surface area (Å²) in [5.74, 6) is 2.74. The summed E-state index contributed by atoms with van der Waals surface area (Å²) in [5.41, 5.74) is 0. The Hall–Kier alpha value is -0.520. The molecular weight excluding hydrogens is 160 g/mol. The summed E-state index contributed by atoms with van der Waals surface area (Å²) in [7, 11) is 0. The van der Waals surface area contributed by atoms with E-state index in [-0.39, 0.29) is 0 Å². The fourth-order valence-electron chi connectivity index (χ4n) is 1.94. The SMILES string of the molecule is C#CCN1CCCN(CC)CC1C. The second-order valence-electron chi connectivity index (χ2n) is 3.77. The highest BCUT2D eigenvalue weighted by Gasteiger charge is 2.19. The van der Waals surface area contributed by atoms with Crippen LogP contribution in [-0.2, 0) is 0 Å². The third-order valence-electron chi connectivity index (χ3n) is 2.81. The van der Waals surface area contributed by atoms with E-state index < -0.39 is 0 Å². The number of hydrogen-bond donors (Lipinski definition) is 0. The Morgan fingerprint density at radius 3 is 2.85 bits per heavy atom. The maximum absolute atomic E-state index is 5.33. The summed E-state index contributed by atoms with van der Waals surface area (Å²) in [4.78, 5) is 4.90. The first-order valence-corrected chi connectivity index (χ1v) is 5.17. The smallest absolute Gasteiger partial charge is 0.0601 e. The van der Waals surface area contributed by atoms with E-state index in [9.17, 15) is 0 Å². The zero-order valence-corrected chi connectivity index (χ0v) is 8.79. The van der Waals surface area contributed by atoms with E-state index in [1.807, 2.05) is 0 Å².